The van der Waals surface area contributed by atoms with Crippen LogP contribution in [-0.4, -0.2) is 11.3 Å². The molecule has 0 bridgehead atoms. The second-order valence-electron chi connectivity index (χ2n) is 3.62. The molecule has 0 spiro atoms. The minimum absolute atomic E-state index is 0.464. The van der Waals surface area contributed by atoms with Crippen LogP contribution in [0, 0.1) is 17.5 Å². The standard InChI is InChI=1S/C10H9F3O3/c1-10(2,16-9(14)15)8-6(12)3-5(11)4-7(8)13/h3-4H,1-2H3,(H,14,15). The monoisotopic (exact) mass is 234 g/mol. The maximum atomic E-state index is 13.3. The SMILES string of the molecule is CC(C)(OC(=O)O)c1c(F)cc(F)cc1F. The third-order valence-corrected chi connectivity index (χ3v) is 1.95. The lowest BCUT2D eigenvalue weighted by Gasteiger charge is -2.24. The zero-order valence-corrected chi connectivity index (χ0v) is 8.55. The molecule has 0 aliphatic heterocycles. The molecule has 1 rings (SSSR count). The number of hydrogen-bond acceptors (Lipinski definition) is 2. The minimum Gasteiger partial charge on any atom is -0.450 e. The van der Waals surface area contributed by atoms with Gasteiger partial charge in [0, 0.05) is 12.1 Å². The Bertz CT molecular complexity index is 406. The van der Waals surface area contributed by atoms with Crippen molar-refractivity contribution in [2.24, 2.45) is 0 Å². The normalized spacial score (nSPS) is 11.3. The number of benzene rings is 1. The zero-order valence-electron chi connectivity index (χ0n) is 8.55. The summed E-state index contributed by atoms with van der Waals surface area (Å²) in [5, 5.41) is 8.41. The molecule has 0 fully saturated rings. The van der Waals surface area contributed by atoms with Gasteiger partial charge in [-0.05, 0) is 13.8 Å². The first-order chi connectivity index (χ1) is 7.24. The van der Waals surface area contributed by atoms with E-state index in [-0.39, 0.29) is 0 Å². The Morgan fingerprint density at radius 3 is 2.06 bits per heavy atom. The van der Waals surface area contributed by atoms with Crippen LogP contribution in [0.15, 0.2) is 12.1 Å². The van der Waals surface area contributed by atoms with Gasteiger partial charge in [-0.1, -0.05) is 0 Å². The lowest BCUT2D eigenvalue weighted by atomic mass is 9.96. The molecule has 0 atom stereocenters. The fraction of sp³-hybridized carbons (Fsp3) is 0.300. The summed E-state index contributed by atoms with van der Waals surface area (Å²) in [5.41, 5.74) is -2.36. The van der Waals surface area contributed by atoms with Gasteiger partial charge in [0.1, 0.15) is 23.1 Å². The maximum absolute atomic E-state index is 13.3. The van der Waals surface area contributed by atoms with E-state index in [1.165, 1.54) is 13.8 Å². The second kappa shape index (κ2) is 4.03. The second-order valence-corrected chi connectivity index (χ2v) is 3.62. The molecule has 1 aromatic carbocycles. The number of carbonyl (C=O) groups is 1. The molecule has 1 N–H and O–H groups in total. The molecule has 0 saturated heterocycles. The van der Waals surface area contributed by atoms with Gasteiger partial charge < -0.3 is 9.84 Å². The number of halogens is 3. The topological polar surface area (TPSA) is 46.5 Å². The molecule has 1 aromatic rings. The van der Waals surface area contributed by atoms with E-state index >= 15 is 0 Å². The van der Waals surface area contributed by atoms with Crippen molar-refractivity contribution in [1.82, 2.24) is 0 Å². The van der Waals surface area contributed by atoms with E-state index in [0.29, 0.717) is 12.1 Å². The Morgan fingerprint density at radius 2 is 1.69 bits per heavy atom. The molecule has 0 aliphatic carbocycles. The van der Waals surface area contributed by atoms with E-state index in [0.717, 1.165) is 0 Å². The fourth-order valence-corrected chi connectivity index (χ4v) is 1.39. The largest absolute Gasteiger partial charge is 0.506 e. The van der Waals surface area contributed by atoms with Gasteiger partial charge in [-0.3, -0.25) is 0 Å². The first-order valence-corrected chi connectivity index (χ1v) is 4.31. The van der Waals surface area contributed by atoms with Crippen LogP contribution < -0.4 is 0 Å². The third-order valence-electron chi connectivity index (χ3n) is 1.95. The predicted molar refractivity (Wildman–Crippen MR) is 48.5 cm³/mol. The lowest BCUT2D eigenvalue weighted by Crippen LogP contribution is -2.27. The summed E-state index contributed by atoms with van der Waals surface area (Å²) in [6.07, 6.45) is -1.67. The van der Waals surface area contributed by atoms with Crippen molar-refractivity contribution in [2.45, 2.75) is 19.4 Å². The molecular weight excluding hydrogens is 225 g/mol. The average molecular weight is 234 g/mol. The summed E-state index contributed by atoms with van der Waals surface area (Å²) < 4.78 is 43.6. The molecule has 88 valence electrons. The molecule has 0 saturated carbocycles. The Balaban J connectivity index is 3.27. The molecule has 0 aromatic heterocycles. The molecule has 0 heterocycles. The van der Waals surface area contributed by atoms with Crippen LogP contribution in [-0.2, 0) is 10.3 Å². The van der Waals surface area contributed by atoms with E-state index in [1.54, 1.807) is 0 Å². The van der Waals surface area contributed by atoms with E-state index in [4.69, 9.17) is 5.11 Å². The molecule has 0 aliphatic rings. The predicted octanol–water partition coefficient (Wildman–Crippen LogP) is 3.03. The van der Waals surface area contributed by atoms with Crippen molar-refractivity contribution in [3.63, 3.8) is 0 Å². The van der Waals surface area contributed by atoms with Gasteiger partial charge in [0.2, 0.25) is 0 Å². The summed E-state index contributed by atoms with van der Waals surface area (Å²) in [6, 6.07) is 0.927. The molecular formula is C10H9F3O3. The van der Waals surface area contributed by atoms with Gasteiger partial charge >= 0.3 is 6.16 Å². The number of ether oxygens (including phenoxy) is 1. The number of hydrogen-bond donors (Lipinski definition) is 1. The summed E-state index contributed by atoms with van der Waals surface area (Å²) >= 11 is 0. The first-order valence-electron chi connectivity index (χ1n) is 4.31. The summed E-state index contributed by atoms with van der Waals surface area (Å²) in [5.74, 6) is -3.46. The van der Waals surface area contributed by atoms with Crippen molar-refractivity contribution < 1.29 is 27.8 Å². The maximum Gasteiger partial charge on any atom is 0.506 e. The molecule has 16 heavy (non-hydrogen) atoms. The fourth-order valence-electron chi connectivity index (χ4n) is 1.39. The quantitative estimate of drug-likeness (QED) is 0.800. The van der Waals surface area contributed by atoms with Crippen LogP contribution >= 0.6 is 0 Å². The first kappa shape index (κ1) is 12.4. The average Bonchev–Trinajstić information content (AvgIpc) is 1.96. The summed E-state index contributed by atoms with van der Waals surface area (Å²) in [4.78, 5) is 10.3. The van der Waals surface area contributed by atoms with E-state index in [9.17, 15) is 18.0 Å². The third kappa shape index (κ3) is 2.44. The van der Waals surface area contributed by atoms with Gasteiger partial charge in [0.15, 0.2) is 0 Å². The molecule has 0 radical (unpaired) electrons. The van der Waals surface area contributed by atoms with Gasteiger partial charge in [-0.25, -0.2) is 18.0 Å². The molecule has 0 amide bonds. The number of carboxylic acid groups (broad SMARTS) is 1. The van der Waals surface area contributed by atoms with Crippen LogP contribution in [0.3, 0.4) is 0 Å². The Morgan fingerprint density at radius 1 is 1.25 bits per heavy atom. The van der Waals surface area contributed by atoms with Crippen molar-refractivity contribution >= 4 is 6.16 Å². The van der Waals surface area contributed by atoms with Crippen molar-refractivity contribution in [2.75, 3.05) is 0 Å². The van der Waals surface area contributed by atoms with Crippen molar-refractivity contribution in [1.29, 1.82) is 0 Å². The highest BCUT2D eigenvalue weighted by atomic mass is 19.1. The van der Waals surface area contributed by atoms with Crippen LogP contribution in [0.1, 0.15) is 19.4 Å². The molecule has 6 heteroatoms. The van der Waals surface area contributed by atoms with Gasteiger partial charge in [0.25, 0.3) is 0 Å². The highest BCUT2D eigenvalue weighted by molar-refractivity contribution is 5.58. The molecule has 0 unspecified atom stereocenters. The Labute approximate surface area is 89.5 Å². The van der Waals surface area contributed by atoms with Crippen LogP contribution in [0.25, 0.3) is 0 Å². The van der Waals surface area contributed by atoms with E-state index < -0.39 is 34.8 Å². The smallest absolute Gasteiger partial charge is 0.450 e. The van der Waals surface area contributed by atoms with E-state index in [2.05, 4.69) is 4.74 Å². The van der Waals surface area contributed by atoms with Gasteiger partial charge in [0.05, 0.1) is 5.56 Å². The highest BCUT2D eigenvalue weighted by Gasteiger charge is 2.32. The van der Waals surface area contributed by atoms with Crippen LogP contribution in [0.5, 0.6) is 0 Å². The lowest BCUT2D eigenvalue weighted by molar-refractivity contribution is -0.00296. The Kier molecular flexibility index (Phi) is 3.11. The summed E-state index contributed by atoms with van der Waals surface area (Å²) in [7, 11) is 0. The Hall–Kier alpha value is -1.72. The summed E-state index contributed by atoms with van der Waals surface area (Å²) in [6.45, 7) is 2.33. The zero-order chi connectivity index (χ0) is 12.5. The van der Waals surface area contributed by atoms with Gasteiger partial charge in [-0.2, -0.15) is 0 Å². The van der Waals surface area contributed by atoms with Gasteiger partial charge in [-0.15, -0.1) is 0 Å². The van der Waals surface area contributed by atoms with Crippen molar-refractivity contribution in [3.05, 3.63) is 35.1 Å². The van der Waals surface area contributed by atoms with Crippen LogP contribution in [0.2, 0.25) is 0 Å². The molecule has 3 nitrogen and oxygen atoms in total. The highest BCUT2D eigenvalue weighted by Crippen LogP contribution is 2.30. The minimum atomic E-state index is -1.73. The number of rotatable bonds is 2. The van der Waals surface area contributed by atoms with Crippen LogP contribution in [0.4, 0.5) is 18.0 Å². The van der Waals surface area contributed by atoms with E-state index in [1.807, 2.05) is 0 Å². The van der Waals surface area contributed by atoms with Crippen molar-refractivity contribution in [3.8, 4) is 0 Å².